The summed E-state index contributed by atoms with van der Waals surface area (Å²) in [4.78, 5) is 4.61. The van der Waals surface area contributed by atoms with Crippen molar-refractivity contribution < 1.29 is 8.81 Å². The predicted octanol–water partition coefficient (Wildman–Crippen LogP) is 4.94. The number of benzene rings is 2. The Morgan fingerprint density at radius 1 is 0.955 bits per heavy atom. The van der Waals surface area contributed by atoms with E-state index in [9.17, 15) is 4.39 Å². The lowest BCUT2D eigenvalue weighted by atomic mass is 10.1. The third-order valence-electron chi connectivity index (χ3n) is 3.23. The Morgan fingerprint density at radius 3 is 2.36 bits per heavy atom. The average Bonchev–Trinajstić information content (AvgIpc) is 2.47. The Kier molecular flexibility index (Phi) is 3.57. The maximum Gasteiger partial charge on any atom is 0.223 e. The minimum atomic E-state index is -0.307. The van der Waals surface area contributed by atoms with E-state index in [0.717, 1.165) is 16.7 Å². The van der Waals surface area contributed by atoms with Crippen LogP contribution in [-0.2, 0) is 0 Å². The fourth-order valence-corrected chi connectivity index (χ4v) is 2.30. The molecule has 0 aliphatic carbocycles. The van der Waals surface area contributed by atoms with Crippen LogP contribution in [-0.4, -0.2) is 5.54 Å². The van der Waals surface area contributed by atoms with E-state index in [4.69, 9.17) is 4.42 Å². The van der Waals surface area contributed by atoms with Crippen LogP contribution in [0.25, 0.3) is 22.1 Å². The van der Waals surface area contributed by atoms with Gasteiger partial charge in [0.2, 0.25) is 5.55 Å². The van der Waals surface area contributed by atoms with Crippen LogP contribution in [0.1, 0.15) is 20.8 Å². The summed E-state index contributed by atoms with van der Waals surface area (Å²) < 4.78 is 19.6. The SMILES string of the molecule is CC(C)(C)N=c1oc(-c2ccccc2)cc2ccc(F)cc12. The van der Waals surface area contributed by atoms with Crippen molar-refractivity contribution >= 4 is 10.8 Å². The molecule has 0 saturated heterocycles. The van der Waals surface area contributed by atoms with Gasteiger partial charge in [-0.25, -0.2) is 9.38 Å². The maximum absolute atomic E-state index is 13.6. The lowest BCUT2D eigenvalue weighted by Crippen LogP contribution is -2.17. The Balaban J connectivity index is 2.35. The van der Waals surface area contributed by atoms with Crippen molar-refractivity contribution in [1.82, 2.24) is 0 Å². The number of nitrogens with zero attached hydrogens (tertiary/aromatic N) is 1. The Bertz CT molecular complexity index is 873. The van der Waals surface area contributed by atoms with Gasteiger partial charge in [-0.05, 0) is 44.4 Å². The number of hydrogen-bond donors (Lipinski definition) is 0. The molecule has 112 valence electrons. The van der Waals surface area contributed by atoms with Gasteiger partial charge < -0.3 is 4.42 Å². The van der Waals surface area contributed by atoms with Gasteiger partial charge in [0, 0.05) is 10.9 Å². The molecule has 0 N–H and O–H groups in total. The fraction of sp³-hybridized carbons (Fsp3) is 0.211. The van der Waals surface area contributed by atoms with Crippen LogP contribution in [0.2, 0.25) is 0 Å². The summed E-state index contributed by atoms with van der Waals surface area (Å²) in [7, 11) is 0. The molecular formula is C19H18FNO. The van der Waals surface area contributed by atoms with Crippen molar-refractivity contribution in [3.63, 3.8) is 0 Å². The second kappa shape index (κ2) is 5.41. The van der Waals surface area contributed by atoms with Crippen molar-refractivity contribution in [3.8, 4) is 11.3 Å². The lowest BCUT2D eigenvalue weighted by Gasteiger charge is -2.12. The topological polar surface area (TPSA) is 25.5 Å². The molecule has 0 amide bonds. The van der Waals surface area contributed by atoms with Gasteiger partial charge in [-0.15, -0.1) is 0 Å². The third-order valence-corrected chi connectivity index (χ3v) is 3.23. The van der Waals surface area contributed by atoms with Crippen LogP contribution in [0.15, 0.2) is 64.0 Å². The van der Waals surface area contributed by atoms with E-state index in [2.05, 4.69) is 4.99 Å². The molecular weight excluding hydrogens is 277 g/mol. The minimum Gasteiger partial charge on any atom is -0.438 e. The van der Waals surface area contributed by atoms with E-state index >= 15 is 0 Å². The van der Waals surface area contributed by atoms with Gasteiger partial charge >= 0.3 is 0 Å². The van der Waals surface area contributed by atoms with E-state index in [1.54, 1.807) is 6.07 Å². The van der Waals surface area contributed by atoms with Crippen molar-refractivity contribution in [2.75, 3.05) is 0 Å². The summed E-state index contributed by atoms with van der Waals surface area (Å²) in [5.41, 5.74) is 1.13. The Labute approximate surface area is 128 Å². The van der Waals surface area contributed by atoms with Crippen LogP contribution in [0.5, 0.6) is 0 Å². The average molecular weight is 295 g/mol. The van der Waals surface area contributed by atoms with Crippen molar-refractivity contribution in [3.05, 3.63) is 66.0 Å². The first-order chi connectivity index (χ1) is 10.4. The van der Waals surface area contributed by atoms with Crippen LogP contribution < -0.4 is 5.55 Å². The summed E-state index contributed by atoms with van der Waals surface area (Å²) in [6.07, 6.45) is 0. The predicted molar refractivity (Wildman–Crippen MR) is 86.9 cm³/mol. The summed E-state index contributed by atoms with van der Waals surface area (Å²) >= 11 is 0. The number of rotatable bonds is 1. The standard InChI is InChI=1S/C19H18FNO/c1-19(2,3)21-18-16-12-15(20)10-9-14(16)11-17(22-18)13-7-5-4-6-8-13/h4-12H,1-3H3. The largest absolute Gasteiger partial charge is 0.438 e. The van der Waals surface area contributed by atoms with Gasteiger partial charge in [0.1, 0.15) is 11.6 Å². The summed E-state index contributed by atoms with van der Waals surface area (Å²) in [5.74, 6) is 0.434. The molecule has 22 heavy (non-hydrogen) atoms. The van der Waals surface area contributed by atoms with Crippen LogP contribution >= 0.6 is 0 Å². The second-order valence-electron chi connectivity index (χ2n) is 6.30. The second-order valence-corrected chi connectivity index (χ2v) is 6.30. The number of fused-ring (bicyclic) bond motifs is 1. The Morgan fingerprint density at radius 2 is 1.68 bits per heavy atom. The monoisotopic (exact) mass is 295 g/mol. The van der Waals surface area contributed by atoms with Crippen LogP contribution in [0.4, 0.5) is 4.39 Å². The third kappa shape index (κ3) is 3.08. The normalized spacial score (nSPS) is 12.8. The van der Waals surface area contributed by atoms with E-state index < -0.39 is 0 Å². The highest BCUT2D eigenvalue weighted by Crippen LogP contribution is 2.22. The molecule has 0 radical (unpaired) electrons. The molecule has 1 aromatic heterocycles. The molecule has 0 bridgehead atoms. The zero-order valence-electron chi connectivity index (χ0n) is 12.9. The van der Waals surface area contributed by atoms with Gasteiger partial charge in [-0.1, -0.05) is 36.4 Å². The molecule has 0 aliphatic heterocycles. The minimum absolute atomic E-state index is 0.291. The van der Waals surface area contributed by atoms with Crippen molar-refractivity contribution in [1.29, 1.82) is 0 Å². The number of hydrogen-bond acceptors (Lipinski definition) is 2. The molecule has 0 spiro atoms. The molecule has 0 aliphatic rings. The highest BCUT2D eigenvalue weighted by atomic mass is 19.1. The summed E-state index contributed by atoms with van der Waals surface area (Å²) in [6.45, 7) is 5.97. The molecule has 2 aromatic carbocycles. The molecule has 1 heterocycles. The van der Waals surface area contributed by atoms with Crippen molar-refractivity contribution in [2.24, 2.45) is 4.99 Å². The van der Waals surface area contributed by atoms with Crippen molar-refractivity contribution in [2.45, 2.75) is 26.3 Å². The highest BCUT2D eigenvalue weighted by molar-refractivity contribution is 5.84. The van der Waals surface area contributed by atoms with Crippen LogP contribution in [0.3, 0.4) is 0 Å². The maximum atomic E-state index is 13.6. The zero-order valence-corrected chi connectivity index (χ0v) is 12.9. The summed E-state index contributed by atoms with van der Waals surface area (Å²) in [5, 5.41) is 1.60. The molecule has 0 saturated carbocycles. The molecule has 3 rings (SSSR count). The molecule has 3 heteroatoms. The van der Waals surface area contributed by atoms with E-state index in [0.29, 0.717) is 10.9 Å². The first-order valence-electron chi connectivity index (χ1n) is 7.27. The van der Waals surface area contributed by atoms with Gasteiger partial charge in [0.05, 0.1) is 5.54 Å². The first-order valence-corrected chi connectivity index (χ1v) is 7.27. The lowest BCUT2D eigenvalue weighted by molar-refractivity contribution is 0.466. The Hall–Kier alpha value is -2.42. The zero-order chi connectivity index (χ0) is 15.7. The molecule has 0 fully saturated rings. The van der Waals surface area contributed by atoms with E-state index in [-0.39, 0.29) is 11.4 Å². The summed E-state index contributed by atoms with van der Waals surface area (Å²) in [6, 6.07) is 16.4. The smallest absolute Gasteiger partial charge is 0.223 e. The van der Waals surface area contributed by atoms with Gasteiger partial charge in [-0.2, -0.15) is 0 Å². The van der Waals surface area contributed by atoms with Gasteiger partial charge in [-0.3, -0.25) is 0 Å². The van der Waals surface area contributed by atoms with E-state index in [1.807, 2.05) is 57.2 Å². The van der Waals surface area contributed by atoms with Gasteiger partial charge in [0.25, 0.3) is 0 Å². The van der Waals surface area contributed by atoms with Gasteiger partial charge in [0.15, 0.2) is 0 Å². The van der Waals surface area contributed by atoms with Crippen LogP contribution in [0, 0.1) is 5.82 Å². The molecule has 0 atom stereocenters. The first kappa shape index (κ1) is 14.5. The fourth-order valence-electron chi connectivity index (χ4n) is 2.30. The number of halogens is 1. The molecule has 0 unspecified atom stereocenters. The molecule has 3 aromatic rings. The highest BCUT2D eigenvalue weighted by Gasteiger charge is 2.11. The quantitative estimate of drug-likeness (QED) is 0.624. The molecule has 2 nitrogen and oxygen atoms in total. The van der Waals surface area contributed by atoms with E-state index in [1.165, 1.54) is 12.1 Å².